The van der Waals surface area contributed by atoms with E-state index in [9.17, 15) is 9.50 Å². The molecule has 0 spiro atoms. The quantitative estimate of drug-likeness (QED) is 0.780. The molecule has 0 heterocycles. The molecule has 0 radical (unpaired) electrons. The first-order valence-corrected chi connectivity index (χ1v) is 5.12. The minimum atomic E-state index is -0.692. The smallest absolute Gasteiger partial charge is 0.165 e. The summed E-state index contributed by atoms with van der Waals surface area (Å²) in [6, 6.07) is 6.35. The number of hydrogen-bond donors (Lipinski definition) is 1. The van der Waals surface area contributed by atoms with Gasteiger partial charge in [-0.2, -0.15) is 5.26 Å². The average Bonchev–Trinajstić information content (AvgIpc) is 2.26. The van der Waals surface area contributed by atoms with Crippen LogP contribution in [0.2, 0.25) is 0 Å². The molecular formula is C12H14FNO2. The van der Waals surface area contributed by atoms with Crippen LogP contribution in [0.15, 0.2) is 18.2 Å². The SMILES string of the molecule is C[C@@H](O)c1ccc(OCCCC#N)c(F)c1. The van der Waals surface area contributed by atoms with Gasteiger partial charge in [-0.05, 0) is 31.0 Å². The number of aliphatic hydroxyl groups is 1. The Bertz CT molecular complexity index is 385. The van der Waals surface area contributed by atoms with E-state index in [1.165, 1.54) is 12.1 Å². The summed E-state index contributed by atoms with van der Waals surface area (Å²) in [4.78, 5) is 0. The van der Waals surface area contributed by atoms with Crippen LogP contribution in [0.25, 0.3) is 0 Å². The summed E-state index contributed by atoms with van der Waals surface area (Å²) in [5.41, 5.74) is 0.516. The minimum absolute atomic E-state index is 0.155. The lowest BCUT2D eigenvalue weighted by Crippen LogP contribution is -2.00. The molecule has 0 saturated carbocycles. The van der Waals surface area contributed by atoms with Gasteiger partial charge >= 0.3 is 0 Å². The fourth-order valence-corrected chi connectivity index (χ4v) is 1.23. The normalized spacial score (nSPS) is 11.9. The van der Waals surface area contributed by atoms with Gasteiger partial charge in [-0.25, -0.2) is 4.39 Å². The lowest BCUT2D eigenvalue weighted by molar-refractivity contribution is 0.198. The maximum atomic E-state index is 13.4. The molecule has 0 amide bonds. The first-order valence-electron chi connectivity index (χ1n) is 5.12. The predicted molar refractivity (Wildman–Crippen MR) is 57.4 cm³/mol. The van der Waals surface area contributed by atoms with Crippen LogP contribution >= 0.6 is 0 Å². The predicted octanol–water partition coefficient (Wildman–Crippen LogP) is 2.56. The highest BCUT2D eigenvalue weighted by Gasteiger charge is 2.07. The number of rotatable bonds is 5. The van der Waals surface area contributed by atoms with Crippen LogP contribution in [0, 0.1) is 17.1 Å². The van der Waals surface area contributed by atoms with Gasteiger partial charge in [0.1, 0.15) is 0 Å². The lowest BCUT2D eigenvalue weighted by Gasteiger charge is -2.09. The molecule has 86 valence electrons. The third kappa shape index (κ3) is 3.52. The number of halogens is 1. The van der Waals surface area contributed by atoms with Crippen LogP contribution in [-0.2, 0) is 0 Å². The van der Waals surface area contributed by atoms with Gasteiger partial charge < -0.3 is 9.84 Å². The number of nitriles is 1. The molecule has 0 fully saturated rings. The second-order valence-corrected chi connectivity index (χ2v) is 3.48. The maximum Gasteiger partial charge on any atom is 0.165 e. The number of hydrogen-bond acceptors (Lipinski definition) is 3. The molecule has 0 unspecified atom stereocenters. The van der Waals surface area contributed by atoms with Crippen molar-refractivity contribution in [2.24, 2.45) is 0 Å². The van der Waals surface area contributed by atoms with Crippen LogP contribution in [0.3, 0.4) is 0 Å². The molecule has 1 aromatic rings. The Kier molecular flexibility index (Phi) is 4.74. The van der Waals surface area contributed by atoms with Crippen molar-refractivity contribution in [3.8, 4) is 11.8 Å². The maximum absolute atomic E-state index is 13.4. The van der Waals surface area contributed by atoms with E-state index in [1.807, 2.05) is 6.07 Å². The van der Waals surface area contributed by atoms with Gasteiger partial charge in [-0.1, -0.05) is 6.07 Å². The molecule has 1 aromatic carbocycles. The van der Waals surface area contributed by atoms with E-state index in [4.69, 9.17) is 10.00 Å². The molecule has 16 heavy (non-hydrogen) atoms. The molecule has 4 heteroatoms. The Morgan fingerprint density at radius 1 is 1.56 bits per heavy atom. The van der Waals surface area contributed by atoms with Gasteiger partial charge in [0.15, 0.2) is 11.6 Å². The number of benzene rings is 1. The van der Waals surface area contributed by atoms with E-state index < -0.39 is 11.9 Å². The highest BCUT2D eigenvalue weighted by Crippen LogP contribution is 2.22. The summed E-state index contributed by atoms with van der Waals surface area (Å²) in [7, 11) is 0. The Hall–Kier alpha value is -1.60. The van der Waals surface area contributed by atoms with E-state index in [0.717, 1.165) is 0 Å². The van der Waals surface area contributed by atoms with Gasteiger partial charge in [0, 0.05) is 6.42 Å². The largest absolute Gasteiger partial charge is 0.490 e. The number of nitrogens with zero attached hydrogens (tertiary/aromatic N) is 1. The van der Waals surface area contributed by atoms with Gasteiger partial charge in [0.25, 0.3) is 0 Å². The van der Waals surface area contributed by atoms with Crippen molar-refractivity contribution in [2.45, 2.75) is 25.9 Å². The minimum Gasteiger partial charge on any atom is -0.490 e. The molecule has 1 N–H and O–H groups in total. The van der Waals surface area contributed by atoms with E-state index in [-0.39, 0.29) is 5.75 Å². The summed E-state index contributed by atoms with van der Waals surface area (Å²) < 4.78 is 18.6. The molecule has 0 aliphatic rings. The van der Waals surface area contributed by atoms with Crippen LogP contribution < -0.4 is 4.74 Å². The van der Waals surface area contributed by atoms with Gasteiger partial charge in [-0.3, -0.25) is 0 Å². The standard InChI is InChI=1S/C12H14FNO2/c1-9(15)10-4-5-12(11(13)8-10)16-7-3-2-6-14/h4-5,8-9,15H,2-3,7H2,1H3/t9-/m1/s1. The molecule has 0 aromatic heterocycles. The highest BCUT2D eigenvalue weighted by atomic mass is 19.1. The van der Waals surface area contributed by atoms with E-state index in [0.29, 0.717) is 25.0 Å². The second kappa shape index (κ2) is 6.09. The Balaban J connectivity index is 2.58. The van der Waals surface area contributed by atoms with Crippen molar-refractivity contribution >= 4 is 0 Å². The van der Waals surface area contributed by atoms with Crippen LogP contribution in [0.1, 0.15) is 31.4 Å². The number of ether oxygens (including phenoxy) is 1. The van der Waals surface area contributed by atoms with Crippen LogP contribution in [0.5, 0.6) is 5.75 Å². The molecular weight excluding hydrogens is 209 g/mol. The monoisotopic (exact) mass is 223 g/mol. The average molecular weight is 223 g/mol. The highest BCUT2D eigenvalue weighted by molar-refractivity contribution is 5.30. The first-order chi connectivity index (χ1) is 7.65. The topological polar surface area (TPSA) is 53.2 Å². The van der Waals surface area contributed by atoms with Gasteiger partial charge in [-0.15, -0.1) is 0 Å². The van der Waals surface area contributed by atoms with Crippen LogP contribution in [-0.4, -0.2) is 11.7 Å². The fraction of sp³-hybridized carbons (Fsp3) is 0.417. The Morgan fingerprint density at radius 2 is 2.31 bits per heavy atom. The number of unbranched alkanes of at least 4 members (excludes halogenated alkanes) is 1. The van der Waals surface area contributed by atoms with Crippen molar-refractivity contribution in [3.63, 3.8) is 0 Å². The Morgan fingerprint density at radius 3 is 2.88 bits per heavy atom. The lowest BCUT2D eigenvalue weighted by atomic mass is 10.1. The third-order valence-electron chi connectivity index (χ3n) is 2.13. The summed E-state index contributed by atoms with van der Waals surface area (Å²) in [5.74, 6) is -0.335. The van der Waals surface area contributed by atoms with E-state index in [1.54, 1.807) is 13.0 Å². The zero-order valence-electron chi connectivity index (χ0n) is 9.11. The zero-order valence-corrected chi connectivity index (χ0v) is 9.11. The molecule has 1 atom stereocenters. The van der Waals surface area contributed by atoms with Crippen molar-refractivity contribution in [1.82, 2.24) is 0 Å². The summed E-state index contributed by atoms with van der Waals surface area (Å²) in [5, 5.41) is 17.5. The van der Waals surface area contributed by atoms with Gasteiger partial charge in [0.2, 0.25) is 0 Å². The zero-order chi connectivity index (χ0) is 12.0. The summed E-state index contributed by atoms with van der Waals surface area (Å²) in [6.45, 7) is 1.89. The molecule has 0 aliphatic carbocycles. The first kappa shape index (κ1) is 12.5. The van der Waals surface area contributed by atoms with Crippen molar-refractivity contribution in [1.29, 1.82) is 5.26 Å². The number of aliphatic hydroxyl groups excluding tert-OH is 1. The molecule has 1 rings (SSSR count). The van der Waals surface area contributed by atoms with Crippen molar-refractivity contribution in [3.05, 3.63) is 29.6 Å². The Labute approximate surface area is 94.1 Å². The van der Waals surface area contributed by atoms with Gasteiger partial charge in [0.05, 0.1) is 18.8 Å². The van der Waals surface area contributed by atoms with Crippen LogP contribution in [0.4, 0.5) is 4.39 Å². The molecule has 0 aliphatic heterocycles. The van der Waals surface area contributed by atoms with E-state index >= 15 is 0 Å². The second-order valence-electron chi connectivity index (χ2n) is 3.48. The molecule has 0 saturated heterocycles. The van der Waals surface area contributed by atoms with E-state index in [2.05, 4.69) is 0 Å². The fourth-order valence-electron chi connectivity index (χ4n) is 1.23. The summed E-state index contributed by atoms with van der Waals surface area (Å²) >= 11 is 0. The molecule has 0 bridgehead atoms. The van der Waals surface area contributed by atoms with Crippen molar-refractivity contribution < 1.29 is 14.2 Å². The van der Waals surface area contributed by atoms with Crippen molar-refractivity contribution in [2.75, 3.05) is 6.61 Å². The summed E-state index contributed by atoms with van der Waals surface area (Å²) in [6.07, 6.45) is 0.281. The third-order valence-corrected chi connectivity index (χ3v) is 2.13. The molecule has 3 nitrogen and oxygen atoms in total.